The molecule has 1 aromatic carbocycles. The van der Waals surface area contributed by atoms with Crippen molar-refractivity contribution in [2.75, 3.05) is 5.73 Å². The van der Waals surface area contributed by atoms with E-state index in [4.69, 9.17) is 5.73 Å². The molecule has 1 aromatic heterocycles. The average Bonchev–Trinajstić information content (AvgIpc) is 2.33. The SMILES string of the molecule is Cc1ccc(C)c(Sc2cc([N+](=O)[O-])cc(N)n2)c1. The van der Waals surface area contributed by atoms with Gasteiger partial charge in [-0.3, -0.25) is 10.1 Å². The van der Waals surface area contributed by atoms with E-state index in [1.165, 1.54) is 23.9 Å². The van der Waals surface area contributed by atoms with Gasteiger partial charge >= 0.3 is 0 Å². The Bertz CT molecular complexity index is 644. The van der Waals surface area contributed by atoms with Crippen LogP contribution in [0.25, 0.3) is 0 Å². The Morgan fingerprint density at radius 3 is 2.68 bits per heavy atom. The molecule has 0 spiro atoms. The number of anilines is 1. The van der Waals surface area contributed by atoms with Crippen LogP contribution in [-0.4, -0.2) is 9.91 Å². The summed E-state index contributed by atoms with van der Waals surface area (Å²) in [6, 6.07) is 8.75. The molecule has 0 aliphatic heterocycles. The molecule has 0 atom stereocenters. The van der Waals surface area contributed by atoms with Gasteiger partial charge < -0.3 is 5.73 Å². The van der Waals surface area contributed by atoms with Crippen LogP contribution in [-0.2, 0) is 0 Å². The van der Waals surface area contributed by atoms with Crippen molar-refractivity contribution in [1.82, 2.24) is 4.98 Å². The van der Waals surface area contributed by atoms with Crippen molar-refractivity contribution >= 4 is 23.3 Å². The molecule has 19 heavy (non-hydrogen) atoms. The summed E-state index contributed by atoms with van der Waals surface area (Å²) in [5.74, 6) is 0.155. The monoisotopic (exact) mass is 275 g/mol. The van der Waals surface area contributed by atoms with Crippen molar-refractivity contribution in [2.24, 2.45) is 0 Å². The number of pyridine rings is 1. The molecule has 0 bridgehead atoms. The van der Waals surface area contributed by atoms with E-state index in [0.29, 0.717) is 5.03 Å². The molecule has 98 valence electrons. The molecule has 0 aliphatic rings. The maximum Gasteiger partial charge on any atom is 0.275 e. The molecule has 2 aromatic rings. The summed E-state index contributed by atoms with van der Waals surface area (Å²) in [4.78, 5) is 15.5. The summed E-state index contributed by atoms with van der Waals surface area (Å²) in [6.45, 7) is 3.99. The maximum absolute atomic E-state index is 10.8. The van der Waals surface area contributed by atoms with Crippen LogP contribution in [0.5, 0.6) is 0 Å². The Morgan fingerprint density at radius 1 is 1.26 bits per heavy atom. The predicted molar refractivity (Wildman–Crippen MR) is 75.3 cm³/mol. The van der Waals surface area contributed by atoms with Gasteiger partial charge in [-0.2, -0.15) is 0 Å². The fraction of sp³-hybridized carbons (Fsp3) is 0.154. The highest BCUT2D eigenvalue weighted by molar-refractivity contribution is 7.99. The maximum atomic E-state index is 10.8. The lowest BCUT2D eigenvalue weighted by molar-refractivity contribution is -0.385. The lowest BCUT2D eigenvalue weighted by atomic mass is 10.2. The number of nitro groups is 1. The molecule has 0 saturated heterocycles. The van der Waals surface area contributed by atoms with Crippen LogP contribution in [0, 0.1) is 24.0 Å². The zero-order valence-electron chi connectivity index (χ0n) is 10.6. The van der Waals surface area contributed by atoms with Crippen molar-refractivity contribution in [3.8, 4) is 0 Å². The van der Waals surface area contributed by atoms with E-state index >= 15 is 0 Å². The van der Waals surface area contributed by atoms with Gasteiger partial charge in [0.25, 0.3) is 5.69 Å². The van der Waals surface area contributed by atoms with Gasteiger partial charge in [-0.05, 0) is 31.0 Å². The van der Waals surface area contributed by atoms with Crippen LogP contribution in [0.1, 0.15) is 11.1 Å². The van der Waals surface area contributed by atoms with E-state index in [1.807, 2.05) is 32.0 Å². The van der Waals surface area contributed by atoms with E-state index in [9.17, 15) is 10.1 Å². The third kappa shape index (κ3) is 3.23. The Morgan fingerprint density at radius 2 is 2.00 bits per heavy atom. The smallest absolute Gasteiger partial charge is 0.275 e. The van der Waals surface area contributed by atoms with E-state index < -0.39 is 4.92 Å². The summed E-state index contributed by atoms with van der Waals surface area (Å²) in [5.41, 5.74) is 7.78. The number of nitrogens with two attached hydrogens (primary N) is 1. The van der Waals surface area contributed by atoms with E-state index in [0.717, 1.165) is 16.0 Å². The second kappa shape index (κ2) is 5.27. The quantitative estimate of drug-likeness (QED) is 0.686. The fourth-order valence-electron chi connectivity index (χ4n) is 1.60. The number of nitrogen functional groups attached to an aromatic ring is 1. The van der Waals surface area contributed by atoms with E-state index in [1.54, 1.807) is 0 Å². The minimum absolute atomic E-state index is 0.0414. The minimum atomic E-state index is -0.467. The molecule has 2 N–H and O–H groups in total. The van der Waals surface area contributed by atoms with Crippen molar-refractivity contribution in [2.45, 2.75) is 23.8 Å². The largest absolute Gasteiger partial charge is 0.383 e. The second-order valence-electron chi connectivity index (χ2n) is 4.22. The van der Waals surface area contributed by atoms with Crippen LogP contribution >= 0.6 is 11.8 Å². The first-order valence-electron chi connectivity index (χ1n) is 5.63. The van der Waals surface area contributed by atoms with Gasteiger partial charge in [-0.15, -0.1) is 0 Å². The Balaban J connectivity index is 2.38. The van der Waals surface area contributed by atoms with Crippen molar-refractivity contribution in [3.63, 3.8) is 0 Å². The predicted octanol–water partition coefficient (Wildman–Crippen LogP) is 3.34. The zero-order chi connectivity index (χ0) is 14.0. The summed E-state index contributed by atoms with van der Waals surface area (Å²) in [6.07, 6.45) is 0. The molecule has 2 rings (SSSR count). The molecule has 1 heterocycles. The van der Waals surface area contributed by atoms with Crippen LogP contribution < -0.4 is 5.73 Å². The lowest BCUT2D eigenvalue weighted by Gasteiger charge is -2.06. The normalized spacial score (nSPS) is 10.4. The molecule has 0 saturated carbocycles. The first kappa shape index (κ1) is 13.4. The highest BCUT2D eigenvalue weighted by Gasteiger charge is 2.11. The molecular formula is C13H13N3O2S. The molecule has 0 radical (unpaired) electrons. The highest BCUT2D eigenvalue weighted by atomic mass is 32.2. The van der Waals surface area contributed by atoms with Crippen LogP contribution in [0.4, 0.5) is 11.5 Å². The van der Waals surface area contributed by atoms with Crippen LogP contribution in [0.2, 0.25) is 0 Å². The average molecular weight is 275 g/mol. The number of nitrogens with zero attached hydrogens (tertiary/aromatic N) is 2. The highest BCUT2D eigenvalue weighted by Crippen LogP contribution is 2.32. The van der Waals surface area contributed by atoms with Gasteiger partial charge in [-0.25, -0.2) is 4.98 Å². The topological polar surface area (TPSA) is 82.0 Å². The van der Waals surface area contributed by atoms with Gasteiger partial charge in [0.2, 0.25) is 0 Å². The second-order valence-corrected chi connectivity index (χ2v) is 5.28. The summed E-state index contributed by atoms with van der Waals surface area (Å²) >= 11 is 1.38. The van der Waals surface area contributed by atoms with E-state index in [2.05, 4.69) is 4.98 Å². The molecular weight excluding hydrogens is 262 g/mol. The molecule has 6 heteroatoms. The molecule has 0 fully saturated rings. The van der Waals surface area contributed by atoms with Crippen LogP contribution in [0.15, 0.2) is 40.3 Å². The van der Waals surface area contributed by atoms with Crippen molar-refractivity contribution in [1.29, 1.82) is 0 Å². The number of aromatic nitrogens is 1. The molecule has 5 nitrogen and oxygen atoms in total. The number of rotatable bonds is 3. The third-order valence-corrected chi connectivity index (χ3v) is 3.65. The first-order chi connectivity index (χ1) is 8.95. The van der Waals surface area contributed by atoms with Gasteiger partial charge in [0.05, 0.1) is 11.0 Å². The lowest BCUT2D eigenvalue weighted by Crippen LogP contribution is -1.96. The Hall–Kier alpha value is -2.08. The standard InChI is InChI=1S/C13H13N3O2S/c1-8-3-4-9(2)11(5-8)19-13-7-10(16(17)18)6-12(14)15-13/h3-7H,1-2H3,(H2,14,15). The molecule has 0 amide bonds. The fourth-order valence-corrected chi connectivity index (χ4v) is 2.63. The summed E-state index contributed by atoms with van der Waals surface area (Å²) in [5, 5.41) is 11.3. The molecule has 0 aliphatic carbocycles. The van der Waals surface area contributed by atoms with Crippen LogP contribution in [0.3, 0.4) is 0 Å². The number of hydrogen-bond acceptors (Lipinski definition) is 5. The van der Waals surface area contributed by atoms with Gasteiger partial charge in [-0.1, -0.05) is 23.9 Å². The van der Waals surface area contributed by atoms with Crippen molar-refractivity contribution < 1.29 is 4.92 Å². The van der Waals surface area contributed by atoms with E-state index in [-0.39, 0.29) is 11.5 Å². The van der Waals surface area contributed by atoms with Gasteiger partial charge in [0.15, 0.2) is 0 Å². The Kier molecular flexibility index (Phi) is 3.71. The first-order valence-corrected chi connectivity index (χ1v) is 6.44. The number of benzene rings is 1. The van der Waals surface area contributed by atoms with Crippen molar-refractivity contribution in [3.05, 3.63) is 51.6 Å². The minimum Gasteiger partial charge on any atom is -0.383 e. The Labute approximate surface area is 115 Å². The summed E-state index contributed by atoms with van der Waals surface area (Å²) < 4.78 is 0. The number of hydrogen-bond donors (Lipinski definition) is 1. The number of aryl methyl sites for hydroxylation is 2. The van der Waals surface area contributed by atoms with Gasteiger partial charge in [0, 0.05) is 11.0 Å². The van der Waals surface area contributed by atoms with Gasteiger partial charge in [0.1, 0.15) is 10.8 Å². The molecule has 0 unspecified atom stereocenters. The summed E-state index contributed by atoms with van der Waals surface area (Å²) in [7, 11) is 0. The zero-order valence-corrected chi connectivity index (χ0v) is 11.4. The third-order valence-electron chi connectivity index (χ3n) is 2.58.